The van der Waals surface area contributed by atoms with Crippen LogP contribution in [0.4, 0.5) is 0 Å². The van der Waals surface area contributed by atoms with Crippen LogP contribution >= 0.6 is 0 Å². The van der Waals surface area contributed by atoms with Gasteiger partial charge in [-0.15, -0.1) is 0 Å². The van der Waals surface area contributed by atoms with Crippen LogP contribution in [0.1, 0.15) is 31.4 Å². The quantitative estimate of drug-likeness (QED) is 0.671. The summed E-state index contributed by atoms with van der Waals surface area (Å²) < 4.78 is 17.1. The summed E-state index contributed by atoms with van der Waals surface area (Å²) in [5.74, 6) is 1.39. The first-order chi connectivity index (χ1) is 9.27. The zero-order valence-corrected chi connectivity index (χ0v) is 12.7. The molecule has 0 aliphatic carbocycles. The van der Waals surface area contributed by atoms with Gasteiger partial charge in [-0.2, -0.15) is 0 Å². The van der Waals surface area contributed by atoms with Gasteiger partial charge in [-0.25, -0.2) is 0 Å². The highest BCUT2D eigenvalue weighted by Crippen LogP contribution is 2.14. The number of rotatable bonds is 10. The van der Waals surface area contributed by atoms with Crippen LogP contribution in [0.3, 0.4) is 0 Å². The summed E-state index contributed by atoms with van der Waals surface area (Å²) in [6.45, 7) is 3.78. The highest BCUT2D eigenvalue weighted by Gasteiger charge is 2.13. The molecule has 0 heterocycles. The molecule has 0 saturated heterocycles. The Morgan fingerprint density at radius 1 is 1.32 bits per heavy atom. The van der Waals surface area contributed by atoms with Gasteiger partial charge in [-0.1, -0.05) is 37.3 Å². The Morgan fingerprint density at radius 3 is 2.68 bits per heavy atom. The van der Waals surface area contributed by atoms with E-state index in [2.05, 4.69) is 24.4 Å². The number of methoxy groups -OCH3 is 1. The molecular weight excluding hydrogens is 258 g/mol. The molecule has 0 aliphatic heterocycles. The minimum absolute atomic E-state index is 0.185. The van der Waals surface area contributed by atoms with Crippen molar-refractivity contribution in [1.29, 1.82) is 0 Å². The lowest BCUT2D eigenvalue weighted by Crippen LogP contribution is -2.27. The monoisotopic (exact) mass is 283 g/mol. The molecule has 19 heavy (non-hydrogen) atoms. The van der Waals surface area contributed by atoms with E-state index in [4.69, 9.17) is 4.74 Å². The summed E-state index contributed by atoms with van der Waals surface area (Å²) >= 11 is 0. The van der Waals surface area contributed by atoms with E-state index < -0.39 is 10.8 Å². The van der Waals surface area contributed by atoms with Crippen molar-refractivity contribution in [3.05, 3.63) is 35.9 Å². The van der Waals surface area contributed by atoms with E-state index in [0.29, 0.717) is 18.1 Å². The maximum atomic E-state index is 12.1. The lowest BCUT2D eigenvalue weighted by atomic mass is 10.1. The van der Waals surface area contributed by atoms with Crippen molar-refractivity contribution >= 4 is 10.8 Å². The van der Waals surface area contributed by atoms with Crippen LogP contribution in [0, 0.1) is 0 Å². The predicted octanol–water partition coefficient (Wildman–Crippen LogP) is 2.51. The Hall–Kier alpha value is -0.710. The number of benzene rings is 1. The van der Waals surface area contributed by atoms with E-state index in [1.54, 1.807) is 7.11 Å². The molecule has 1 N–H and O–H groups in total. The van der Waals surface area contributed by atoms with Gasteiger partial charge >= 0.3 is 0 Å². The summed E-state index contributed by atoms with van der Waals surface area (Å²) in [7, 11) is 0.881. The lowest BCUT2D eigenvalue weighted by molar-refractivity contribution is 0.200. The molecule has 108 valence electrons. The number of ether oxygens (including phenoxy) is 1. The van der Waals surface area contributed by atoms with Gasteiger partial charge in [-0.3, -0.25) is 4.21 Å². The van der Waals surface area contributed by atoms with Crippen LogP contribution in [0.15, 0.2) is 30.3 Å². The second kappa shape index (κ2) is 10.1. The lowest BCUT2D eigenvalue weighted by Gasteiger charge is -2.18. The van der Waals surface area contributed by atoms with Crippen LogP contribution in [-0.4, -0.2) is 36.0 Å². The van der Waals surface area contributed by atoms with Gasteiger partial charge in [0.2, 0.25) is 0 Å². The molecule has 3 nitrogen and oxygen atoms in total. The molecule has 0 radical (unpaired) electrons. The SMILES string of the molecule is CCCNC(CS(=O)CCCOC)c1ccccc1. The van der Waals surface area contributed by atoms with Crippen LogP contribution in [0.2, 0.25) is 0 Å². The maximum absolute atomic E-state index is 12.1. The Labute approximate surface area is 119 Å². The fraction of sp³-hybridized carbons (Fsp3) is 0.600. The van der Waals surface area contributed by atoms with Crippen molar-refractivity contribution in [3.8, 4) is 0 Å². The average molecular weight is 283 g/mol. The molecule has 4 heteroatoms. The molecule has 0 aliphatic rings. The van der Waals surface area contributed by atoms with Crippen LogP contribution in [0.25, 0.3) is 0 Å². The Morgan fingerprint density at radius 2 is 2.05 bits per heavy atom. The van der Waals surface area contributed by atoms with Crippen molar-refractivity contribution < 1.29 is 8.95 Å². The normalized spacial score (nSPS) is 14.2. The van der Waals surface area contributed by atoms with Gasteiger partial charge in [0.15, 0.2) is 0 Å². The minimum Gasteiger partial charge on any atom is -0.385 e. The van der Waals surface area contributed by atoms with Crippen molar-refractivity contribution in [3.63, 3.8) is 0 Å². The standard InChI is InChI=1S/C15H25NO2S/c1-3-10-16-15(14-8-5-4-6-9-14)13-19(17)12-7-11-18-2/h4-6,8-9,15-16H,3,7,10-13H2,1-2H3. The fourth-order valence-electron chi connectivity index (χ4n) is 1.91. The molecule has 1 aromatic rings. The second-order valence-corrected chi connectivity index (χ2v) is 6.20. The third-order valence-electron chi connectivity index (χ3n) is 2.92. The molecule has 2 unspecified atom stereocenters. The van der Waals surface area contributed by atoms with Gasteiger partial charge in [-0.05, 0) is 24.9 Å². The second-order valence-electron chi connectivity index (χ2n) is 4.57. The number of nitrogens with one attached hydrogen (secondary N) is 1. The zero-order valence-electron chi connectivity index (χ0n) is 11.9. The molecule has 0 bridgehead atoms. The minimum atomic E-state index is -0.798. The van der Waals surface area contributed by atoms with Gasteiger partial charge < -0.3 is 10.1 Å². The number of hydrogen-bond acceptors (Lipinski definition) is 3. The smallest absolute Gasteiger partial charge is 0.0471 e. The van der Waals surface area contributed by atoms with E-state index >= 15 is 0 Å². The van der Waals surface area contributed by atoms with Crippen molar-refractivity contribution in [2.45, 2.75) is 25.8 Å². The van der Waals surface area contributed by atoms with E-state index in [0.717, 1.165) is 19.4 Å². The molecule has 0 fully saturated rings. The topological polar surface area (TPSA) is 38.3 Å². The van der Waals surface area contributed by atoms with E-state index in [1.807, 2.05) is 18.2 Å². The van der Waals surface area contributed by atoms with Crippen LogP contribution in [0.5, 0.6) is 0 Å². The molecule has 2 atom stereocenters. The maximum Gasteiger partial charge on any atom is 0.0471 e. The number of hydrogen-bond donors (Lipinski definition) is 1. The highest BCUT2D eigenvalue weighted by molar-refractivity contribution is 7.85. The first kappa shape index (κ1) is 16.3. The molecule has 1 aromatic carbocycles. The summed E-state index contributed by atoms with van der Waals surface area (Å²) in [5.41, 5.74) is 1.22. The Bertz CT molecular complexity index is 356. The Kier molecular flexibility index (Phi) is 8.71. The first-order valence-corrected chi connectivity index (χ1v) is 8.39. The highest BCUT2D eigenvalue weighted by atomic mass is 32.2. The molecule has 0 spiro atoms. The zero-order chi connectivity index (χ0) is 13.9. The van der Waals surface area contributed by atoms with E-state index in [-0.39, 0.29) is 6.04 Å². The largest absolute Gasteiger partial charge is 0.385 e. The summed E-state index contributed by atoms with van der Waals surface area (Å²) in [6, 6.07) is 10.5. The summed E-state index contributed by atoms with van der Waals surface area (Å²) in [5, 5.41) is 3.48. The van der Waals surface area contributed by atoms with Crippen LogP contribution < -0.4 is 5.32 Å². The molecule has 0 aromatic heterocycles. The third-order valence-corrected chi connectivity index (χ3v) is 4.36. The van der Waals surface area contributed by atoms with Gasteiger partial charge in [0.25, 0.3) is 0 Å². The van der Waals surface area contributed by atoms with Crippen LogP contribution in [-0.2, 0) is 15.5 Å². The average Bonchev–Trinajstić information content (AvgIpc) is 2.44. The molecule has 1 rings (SSSR count). The van der Waals surface area contributed by atoms with Crippen molar-refractivity contribution in [2.75, 3.05) is 31.8 Å². The van der Waals surface area contributed by atoms with Gasteiger partial charge in [0.05, 0.1) is 0 Å². The molecular formula is C15H25NO2S. The Balaban J connectivity index is 2.52. The van der Waals surface area contributed by atoms with Crippen molar-refractivity contribution in [1.82, 2.24) is 5.32 Å². The van der Waals surface area contributed by atoms with E-state index in [1.165, 1.54) is 5.56 Å². The van der Waals surface area contributed by atoms with E-state index in [9.17, 15) is 4.21 Å². The van der Waals surface area contributed by atoms with Gasteiger partial charge in [0.1, 0.15) is 0 Å². The predicted molar refractivity (Wildman–Crippen MR) is 81.8 cm³/mol. The first-order valence-electron chi connectivity index (χ1n) is 6.90. The summed E-state index contributed by atoms with van der Waals surface area (Å²) in [6.07, 6.45) is 1.94. The summed E-state index contributed by atoms with van der Waals surface area (Å²) in [4.78, 5) is 0. The fourth-order valence-corrected chi connectivity index (χ4v) is 3.20. The van der Waals surface area contributed by atoms with Gasteiger partial charge in [0, 0.05) is 42.1 Å². The molecule has 0 amide bonds. The third kappa shape index (κ3) is 6.85. The molecule has 0 saturated carbocycles. The van der Waals surface area contributed by atoms with Crippen molar-refractivity contribution in [2.24, 2.45) is 0 Å².